The maximum Gasteiger partial charge on any atom is 0.136 e. The van der Waals surface area contributed by atoms with Crippen molar-refractivity contribution < 1.29 is 0 Å². The Morgan fingerprint density at radius 3 is 2.15 bits per heavy atom. The molecule has 80 valence electrons. The van der Waals surface area contributed by atoms with Gasteiger partial charge < -0.3 is 0 Å². The first-order valence-corrected chi connectivity index (χ1v) is 7.96. The molecular formula is C9H16Br4. The highest BCUT2D eigenvalue weighted by atomic mass is 80.0. The summed E-state index contributed by atoms with van der Waals surface area (Å²) in [5.74, 6) is 0. The number of rotatable bonds is 6. The van der Waals surface area contributed by atoms with Gasteiger partial charge in [-0.25, -0.2) is 0 Å². The summed E-state index contributed by atoms with van der Waals surface area (Å²) in [4.78, 5) is 0.586. The lowest BCUT2D eigenvalue weighted by atomic mass is 10.1. The highest BCUT2D eigenvalue weighted by Gasteiger charge is 2.21. The molecule has 0 saturated carbocycles. The van der Waals surface area contributed by atoms with Crippen LogP contribution >= 0.6 is 63.7 Å². The van der Waals surface area contributed by atoms with E-state index in [0.29, 0.717) is 4.83 Å². The van der Waals surface area contributed by atoms with Crippen LogP contribution in [0.25, 0.3) is 0 Å². The Balaban J connectivity index is 3.35. The van der Waals surface area contributed by atoms with Crippen LogP contribution in [0.5, 0.6) is 0 Å². The highest BCUT2D eigenvalue weighted by Crippen LogP contribution is 2.40. The molecule has 1 atom stereocenters. The van der Waals surface area contributed by atoms with E-state index in [2.05, 4.69) is 70.6 Å². The molecule has 0 aromatic heterocycles. The molecule has 0 aliphatic rings. The minimum Gasteiger partial charge on any atom is -0.0889 e. The van der Waals surface area contributed by atoms with Gasteiger partial charge in [-0.15, -0.1) is 0 Å². The van der Waals surface area contributed by atoms with Crippen molar-refractivity contribution in [1.82, 2.24) is 0 Å². The molecule has 0 bridgehead atoms. The first-order valence-electron chi connectivity index (χ1n) is 4.66. The summed E-state index contributed by atoms with van der Waals surface area (Å²) in [6, 6.07) is 0. The van der Waals surface area contributed by atoms with Crippen LogP contribution in [-0.2, 0) is 0 Å². The van der Waals surface area contributed by atoms with E-state index >= 15 is 0 Å². The maximum absolute atomic E-state index is 3.68. The van der Waals surface area contributed by atoms with Gasteiger partial charge >= 0.3 is 0 Å². The van der Waals surface area contributed by atoms with Crippen LogP contribution in [0.3, 0.4) is 0 Å². The van der Waals surface area contributed by atoms with Gasteiger partial charge in [0.25, 0.3) is 0 Å². The van der Waals surface area contributed by atoms with Crippen molar-refractivity contribution in [3.63, 3.8) is 0 Å². The fraction of sp³-hybridized carbons (Fsp3) is 1.00. The molecule has 4 heteroatoms. The molecule has 0 amide bonds. The summed E-state index contributed by atoms with van der Waals surface area (Å²) < 4.78 is -0.0913. The van der Waals surface area contributed by atoms with E-state index in [4.69, 9.17) is 0 Å². The van der Waals surface area contributed by atoms with E-state index in [1.165, 1.54) is 32.1 Å². The SMILES string of the molecule is CCCCCCC(Br)CC(Br)(Br)Br. The van der Waals surface area contributed by atoms with Gasteiger partial charge in [-0.2, -0.15) is 0 Å². The van der Waals surface area contributed by atoms with E-state index in [0.717, 1.165) is 6.42 Å². The van der Waals surface area contributed by atoms with Crippen molar-refractivity contribution in [1.29, 1.82) is 0 Å². The molecule has 0 nitrogen and oxygen atoms in total. The van der Waals surface area contributed by atoms with Gasteiger partial charge in [0.15, 0.2) is 0 Å². The quantitative estimate of drug-likeness (QED) is 0.351. The average molecular weight is 444 g/mol. The molecule has 0 radical (unpaired) electrons. The molecule has 1 unspecified atom stereocenters. The Labute approximate surface area is 115 Å². The summed E-state index contributed by atoms with van der Waals surface area (Å²) in [5, 5.41) is 0. The van der Waals surface area contributed by atoms with Crippen LogP contribution in [0, 0.1) is 0 Å². The van der Waals surface area contributed by atoms with Crippen molar-refractivity contribution in [2.45, 2.75) is 52.4 Å². The van der Waals surface area contributed by atoms with Crippen molar-refractivity contribution in [2.75, 3.05) is 0 Å². The Morgan fingerprint density at radius 2 is 1.69 bits per heavy atom. The van der Waals surface area contributed by atoms with Crippen LogP contribution in [-0.4, -0.2) is 6.97 Å². The third-order valence-corrected chi connectivity index (χ3v) is 3.58. The molecule has 0 saturated heterocycles. The van der Waals surface area contributed by atoms with Crippen molar-refractivity contribution in [2.24, 2.45) is 0 Å². The van der Waals surface area contributed by atoms with Gasteiger partial charge in [-0.1, -0.05) is 96.3 Å². The Kier molecular flexibility index (Phi) is 9.32. The monoisotopic (exact) mass is 440 g/mol. The highest BCUT2D eigenvalue weighted by molar-refractivity contribution is 9.39. The first-order chi connectivity index (χ1) is 5.95. The molecule has 13 heavy (non-hydrogen) atoms. The predicted octanol–water partition coefficient (Wildman–Crippen LogP) is 5.95. The second-order valence-electron chi connectivity index (χ2n) is 3.27. The van der Waals surface area contributed by atoms with Crippen molar-refractivity contribution in [3.8, 4) is 0 Å². The Bertz CT molecular complexity index is 119. The van der Waals surface area contributed by atoms with Gasteiger partial charge in [-0.3, -0.25) is 0 Å². The van der Waals surface area contributed by atoms with E-state index in [-0.39, 0.29) is 2.14 Å². The lowest BCUT2D eigenvalue weighted by molar-refractivity contribution is 0.612. The number of alkyl halides is 4. The van der Waals surface area contributed by atoms with Gasteiger partial charge in [-0.05, 0) is 12.8 Å². The van der Waals surface area contributed by atoms with Crippen molar-refractivity contribution in [3.05, 3.63) is 0 Å². The Morgan fingerprint density at radius 1 is 1.08 bits per heavy atom. The van der Waals surface area contributed by atoms with Crippen LogP contribution in [0.15, 0.2) is 0 Å². The van der Waals surface area contributed by atoms with Gasteiger partial charge in [0.05, 0.1) is 0 Å². The number of hydrogen-bond acceptors (Lipinski definition) is 0. The van der Waals surface area contributed by atoms with Gasteiger partial charge in [0, 0.05) is 4.83 Å². The predicted molar refractivity (Wildman–Crippen MR) is 75.6 cm³/mol. The molecule has 0 aromatic rings. The van der Waals surface area contributed by atoms with Crippen LogP contribution < -0.4 is 0 Å². The largest absolute Gasteiger partial charge is 0.136 e. The summed E-state index contributed by atoms with van der Waals surface area (Å²) >= 11 is 14.2. The second kappa shape index (κ2) is 8.12. The summed E-state index contributed by atoms with van der Waals surface area (Å²) in [5.41, 5.74) is 0. The van der Waals surface area contributed by atoms with E-state index in [9.17, 15) is 0 Å². The maximum atomic E-state index is 3.68. The fourth-order valence-electron chi connectivity index (χ4n) is 1.15. The molecule has 0 N–H and O–H groups in total. The van der Waals surface area contributed by atoms with E-state index in [1.807, 2.05) is 0 Å². The summed E-state index contributed by atoms with van der Waals surface area (Å²) in [7, 11) is 0. The Hall–Kier alpha value is 1.92. The second-order valence-corrected chi connectivity index (χ2v) is 11.8. The number of hydrogen-bond donors (Lipinski definition) is 0. The van der Waals surface area contributed by atoms with E-state index in [1.54, 1.807) is 0 Å². The third kappa shape index (κ3) is 11.8. The standard InChI is InChI=1S/C9H16Br4/c1-2-3-4-5-6-8(10)7-9(11,12)13/h8H,2-7H2,1H3. The lowest BCUT2D eigenvalue weighted by Crippen LogP contribution is -2.09. The zero-order valence-corrected chi connectivity index (χ0v) is 14.2. The van der Waals surface area contributed by atoms with Gasteiger partial charge in [0.1, 0.15) is 2.14 Å². The molecule has 0 fully saturated rings. The molecule has 0 aliphatic heterocycles. The molecular weight excluding hydrogens is 428 g/mol. The summed E-state index contributed by atoms with van der Waals surface area (Å²) in [6.45, 7) is 2.24. The van der Waals surface area contributed by atoms with Crippen LogP contribution in [0.1, 0.15) is 45.4 Å². The normalized spacial score (nSPS) is 14.5. The number of unbranched alkanes of at least 4 members (excludes halogenated alkanes) is 3. The smallest absolute Gasteiger partial charge is 0.0889 e. The molecule has 0 spiro atoms. The number of halogens is 4. The average Bonchev–Trinajstić information content (AvgIpc) is 1.94. The zero-order valence-electron chi connectivity index (χ0n) is 7.83. The zero-order chi connectivity index (χ0) is 10.3. The minimum absolute atomic E-state index is 0.0913. The molecule has 0 aromatic carbocycles. The first kappa shape index (κ1) is 14.9. The lowest BCUT2D eigenvalue weighted by Gasteiger charge is -2.16. The fourth-order valence-corrected chi connectivity index (χ4v) is 4.43. The topological polar surface area (TPSA) is 0 Å². The third-order valence-electron chi connectivity index (χ3n) is 1.82. The van der Waals surface area contributed by atoms with E-state index < -0.39 is 0 Å². The minimum atomic E-state index is -0.0913. The summed E-state index contributed by atoms with van der Waals surface area (Å²) in [6.07, 6.45) is 7.66. The molecule has 0 aliphatic carbocycles. The molecule has 0 heterocycles. The van der Waals surface area contributed by atoms with Crippen LogP contribution in [0.2, 0.25) is 0 Å². The molecule has 0 rings (SSSR count). The van der Waals surface area contributed by atoms with Crippen molar-refractivity contribution >= 4 is 63.7 Å². The van der Waals surface area contributed by atoms with Gasteiger partial charge in [0.2, 0.25) is 0 Å². The van der Waals surface area contributed by atoms with Crippen LogP contribution in [0.4, 0.5) is 0 Å².